The van der Waals surface area contributed by atoms with Gasteiger partial charge in [0.1, 0.15) is 5.75 Å². The Morgan fingerprint density at radius 3 is 2.61 bits per heavy atom. The maximum atomic E-state index is 12.5. The molecule has 0 radical (unpaired) electrons. The van der Waals surface area contributed by atoms with Crippen LogP contribution in [0, 0.1) is 16.7 Å². The number of ketones is 1. The van der Waals surface area contributed by atoms with Crippen LogP contribution in [0.4, 0.5) is 0 Å². The van der Waals surface area contributed by atoms with Crippen LogP contribution in [0.25, 0.3) is 0 Å². The van der Waals surface area contributed by atoms with Crippen molar-refractivity contribution in [1.82, 2.24) is 4.90 Å². The van der Waals surface area contributed by atoms with Crippen LogP contribution >= 0.6 is 0 Å². The Morgan fingerprint density at radius 1 is 1.21 bits per heavy atom. The van der Waals surface area contributed by atoms with E-state index in [0.29, 0.717) is 18.0 Å². The maximum Gasteiger partial charge on any atom is 0.176 e. The van der Waals surface area contributed by atoms with Crippen molar-refractivity contribution in [3.63, 3.8) is 0 Å². The molecule has 0 bridgehead atoms. The smallest absolute Gasteiger partial charge is 0.176 e. The predicted molar refractivity (Wildman–Crippen MR) is 113 cm³/mol. The molecule has 3 rings (SSSR count). The van der Waals surface area contributed by atoms with Crippen LogP contribution in [-0.4, -0.2) is 41.6 Å². The van der Waals surface area contributed by atoms with Gasteiger partial charge in [0.25, 0.3) is 0 Å². The summed E-state index contributed by atoms with van der Waals surface area (Å²) >= 11 is 0. The first-order valence-corrected chi connectivity index (χ1v) is 10.0. The summed E-state index contributed by atoms with van der Waals surface area (Å²) in [5.41, 5.74) is 2.05. The molecule has 2 N–H and O–H groups in total. The molecule has 28 heavy (non-hydrogen) atoms. The largest absolute Gasteiger partial charge is 0.508 e. The van der Waals surface area contributed by atoms with Crippen LogP contribution in [-0.2, 0) is 6.42 Å². The molecule has 0 unspecified atom stereocenters. The van der Waals surface area contributed by atoms with Gasteiger partial charge in [0.05, 0.1) is 6.54 Å². The molecule has 0 spiro atoms. The molecule has 1 saturated heterocycles. The number of phenolic OH excluding ortho intramolecular Hbond substituents is 1. The van der Waals surface area contributed by atoms with E-state index in [1.165, 1.54) is 5.56 Å². The van der Waals surface area contributed by atoms with Crippen molar-refractivity contribution >= 4 is 12.0 Å². The molecule has 1 fully saturated rings. The van der Waals surface area contributed by atoms with E-state index < -0.39 is 0 Å². The number of aromatic hydroxyl groups is 1. The molecule has 2 aromatic rings. The summed E-state index contributed by atoms with van der Waals surface area (Å²) in [6.45, 7) is 4.60. The second-order valence-electron chi connectivity index (χ2n) is 8.45. The van der Waals surface area contributed by atoms with Gasteiger partial charge in [0, 0.05) is 12.1 Å². The zero-order chi connectivity index (χ0) is 20.0. The van der Waals surface area contributed by atoms with E-state index in [1.807, 2.05) is 6.07 Å². The number of phenols is 1. The van der Waals surface area contributed by atoms with Crippen molar-refractivity contribution in [2.24, 2.45) is 11.3 Å². The van der Waals surface area contributed by atoms with Crippen LogP contribution < -0.4 is 0 Å². The molecule has 4 heteroatoms. The fraction of sp³-hybridized carbons (Fsp3) is 0.417. The number of hydrogen-bond acceptors (Lipinski definition) is 4. The number of likely N-dealkylation sites (tertiary alicyclic amines) is 1. The lowest BCUT2D eigenvalue weighted by atomic mass is 9.74. The highest BCUT2D eigenvalue weighted by Gasteiger charge is 2.32. The van der Waals surface area contributed by atoms with Gasteiger partial charge in [-0.2, -0.15) is 0 Å². The molecule has 1 aliphatic rings. The Morgan fingerprint density at radius 2 is 1.93 bits per heavy atom. The van der Waals surface area contributed by atoms with Crippen molar-refractivity contribution < 1.29 is 9.90 Å². The summed E-state index contributed by atoms with van der Waals surface area (Å²) in [4.78, 5) is 14.7. The quantitative estimate of drug-likeness (QED) is 0.496. The Balaban J connectivity index is 1.56. The molecular formula is C24H30N2O2. The standard InChI is InChI=1S/C24H30N2O2/c1-24(12-13-25,15-19-5-3-2-4-6-19)16-20-11-14-26(17-20)18-23(28)21-7-9-22(27)10-8-21/h2-10,13,20,25,27H,11-12,14-18H2,1H3/t20-,24+/m1/s1. The number of nitrogens with zero attached hydrogens (tertiary/aromatic N) is 1. The highest BCUT2D eigenvalue weighted by molar-refractivity contribution is 5.97. The van der Waals surface area contributed by atoms with Crippen LogP contribution in [0.15, 0.2) is 54.6 Å². The second-order valence-corrected chi connectivity index (χ2v) is 8.45. The van der Waals surface area contributed by atoms with E-state index in [2.05, 4.69) is 36.1 Å². The van der Waals surface area contributed by atoms with Gasteiger partial charge in [-0.3, -0.25) is 9.69 Å². The zero-order valence-electron chi connectivity index (χ0n) is 16.6. The number of carbonyl (C=O) groups excluding carboxylic acids is 1. The van der Waals surface area contributed by atoms with Crippen LogP contribution in [0.3, 0.4) is 0 Å². The molecule has 1 aliphatic heterocycles. The molecule has 2 atom stereocenters. The summed E-state index contributed by atoms with van der Waals surface area (Å²) in [6, 6.07) is 17.0. The number of benzene rings is 2. The summed E-state index contributed by atoms with van der Waals surface area (Å²) in [5, 5.41) is 17.0. The van der Waals surface area contributed by atoms with Crippen molar-refractivity contribution in [2.75, 3.05) is 19.6 Å². The van der Waals surface area contributed by atoms with Crippen molar-refractivity contribution in [3.8, 4) is 5.75 Å². The van der Waals surface area contributed by atoms with Gasteiger partial charge in [-0.25, -0.2) is 0 Å². The Labute approximate surface area is 167 Å². The van der Waals surface area contributed by atoms with E-state index in [9.17, 15) is 9.90 Å². The average molecular weight is 379 g/mol. The van der Waals surface area contributed by atoms with Crippen molar-refractivity contribution in [3.05, 3.63) is 65.7 Å². The highest BCUT2D eigenvalue weighted by Crippen LogP contribution is 2.36. The number of hydrogen-bond donors (Lipinski definition) is 2. The number of Topliss-reactive ketones (excluding diaryl/α,β-unsaturated/α-hetero) is 1. The topological polar surface area (TPSA) is 64.4 Å². The summed E-state index contributed by atoms with van der Waals surface area (Å²) in [6.07, 6.45) is 5.48. The van der Waals surface area contributed by atoms with E-state index in [4.69, 9.17) is 5.41 Å². The first-order valence-electron chi connectivity index (χ1n) is 10.0. The first-order chi connectivity index (χ1) is 13.5. The van der Waals surface area contributed by atoms with Gasteiger partial charge < -0.3 is 10.5 Å². The fourth-order valence-corrected chi connectivity index (χ4v) is 4.42. The third kappa shape index (κ3) is 5.52. The summed E-state index contributed by atoms with van der Waals surface area (Å²) < 4.78 is 0. The fourth-order valence-electron chi connectivity index (χ4n) is 4.42. The normalized spacial score (nSPS) is 19.2. The minimum Gasteiger partial charge on any atom is -0.508 e. The zero-order valence-corrected chi connectivity index (χ0v) is 16.6. The molecule has 2 aromatic carbocycles. The molecule has 4 nitrogen and oxygen atoms in total. The molecule has 0 amide bonds. The third-order valence-corrected chi connectivity index (χ3v) is 5.78. The van der Waals surface area contributed by atoms with Gasteiger partial charge in [-0.15, -0.1) is 0 Å². The highest BCUT2D eigenvalue weighted by atomic mass is 16.3. The molecule has 148 valence electrons. The molecule has 0 aromatic heterocycles. The third-order valence-electron chi connectivity index (χ3n) is 5.78. The van der Waals surface area contributed by atoms with E-state index in [1.54, 1.807) is 30.5 Å². The minimum absolute atomic E-state index is 0.0742. The Hall–Kier alpha value is -2.46. The summed E-state index contributed by atoms with van der Waals surface area (Å²) in [5.74, 6) is 0.843. The Kier molecular flexibility index (Phi) is 6.63. The van der Waals surface area contributed by atoms with Gasteiger partial charge in [-0.1, -0.05) is 37.3 Å². The van der Waals surface area contributed by atoms with Crippen molar-refractivity contribution in [1.29, 1.82) is 5.41 Å². The maximum absolute atomic E-state index is 12.5. The van der Waals surface area contributed by atoms with E-state index in [0.717, 1.165) is 38.8 Å². The SMILES string of the molecule is C[C@](CC=N)(Cc1ccccc1)C[C@H]1CCN(CC(=O)c2ccc(O)cc2)C1. The van der Waals surface area contributed by atoms with E-state index in [-0.39, 0.29) is 16.9 Å². The van der Waals surface area contributed by atoms with E-state index >= 15 is 0 Å². The Bertz CT molecular complexity index is 788. The van der Waals surface area contributed by atoms with Crippen LogP contribution in [0.2, 0.25) is 0 Å². The van der Waals surface area contributed by atoms with Gasteiger partial charge in [-0.05, 0) is 79.6 Å². The lowest BCUT2D eigenvalue weighted by Gasteiger charge is -2.31. The summed E-state index contributed by atoms with van der Waals surface area (Å²) in [7, 11) is 0. The van der Waals surface area contributed by atoms with Crippen LogP contribution in [0.1, 0.15) is 42.1 Å². The number of nitrogens with one attached hydrogen (secondary N) is 1. The number of carbonyl (C=O) groups is 1. The number of rotatable bonds is 9. The lowest BCUT2D eigenvalue weighted by Crippen LogP contribution is -2.29. The average Bonchev–Trinajstić information content (AvgIpc) is 3.09. The minimum atomic E-state index is 0.0742. The van der Waals surface area contributed by atoms with Gasteiger partial charge >= 0.3 is 0 Å². The lowest BCUT2D eigenvalue weighted by molar-refractivity contribution is 0.0941. The molecule has 1 heterocycles. The van der Waals surface area contributed by atoms with Gasteiger partial charge in [0.15, 0.2) is 5.78 Å². The van der Waals surface area contributed by atoms with Gasteiger partial charge in [0.2, 0.25) is 0 Å². The predicted octanol–water partition coefficient (Wildman–Crippen LogP) is 4.58. The monoisotopic (exact) mass is 378 g/mol. The van der Waals surface area contributed by atoms with Crippen molar-refractivity contribution in [2.45, 2.75) is 32.6 Å². The molecule has 0 saturated carbocycles. The first kappa shape index (κ1) is 20.3. The second kappa shape index (κ2) is 9.16. The van der Waals surface area contributed by atoms with Crippen LogP contribution in [0.5, 0.6) is 5.75 Å². The molecule has 0 aliphatic carbocycles. The molecular weight excluding hydrogens is 348 g/mol.